The van der Waals surface area contributed by atoms with Gasteiger partial charge in [0.05, 0.1) is 0 Å². The normalized spacial score (nSPS) is 10.1. The molecule has 2 aromatic carbocycles. The van der Waals surface area contributed by atoms with Gasteiger partial charge in [-0.1, -0.05) is 28.1 Å². The van der Waals surface area contributed by atoms with E-state index in [9.17, 15) is 4.79 Å². The smallest absolute Gasteiger partial charge is 0.255 e. The summed E-state index contributed by atoms with van der Waals surface area (Å²) in [6.07, 6.45) is 0. The molecule has 3 N–H and O–H groups in total. The molecule has 0 saturated heterocycles. The van der Waals surface area contributed by atoms with Crippen molar-refractivity contribution in [3.8, 4) is 0 Å². The first-order valence-corrected chi connectivity index (χ1v) is 7.15. The number of carbonyl (C=O) groups is 1. The number of hydrogen-bond acceptors (Lipinski definition) is 2. The number of hydrogen-bond donors (Lipinski definition) is 2. The highest BCUT2D eigenvalue weighted by atomic mass is 79.9. The Balaban J connectivity index is 2.14. The zero-order valence-electron chi connectivity index (χ0n) is 10.8. The number of amides is 1. The summed E-state index contributed by atoms with van der Waals surface area (Å²) in [6.45, 7) is 1.94. The van der Waals surface area contributed by atoms with Crippen LogP contribution in [0.5, 0.6) is 0 Å². The second-order valence-electron chi connectivity index (χ2n) is 4.36. The maximum atomic E-state index is 12.1. The third-order valence-corrected chi connectivity index (χ3v) is 3.97. The predicted molar refractivity (Wildman–Crippen MR) is 89.2 cm³/mol. The van der Waals surface area contributed by atoms with Crippen LogP contribution in [-0.2, 0) is 0 Å². The minimum absolute atomic E-state index is 0.149. The second kappa shape index (κ2) is 6.15. The van der Waals surface area contributed by atoms with Crippen LogP contribution >= 0.6 is 28.1 Å². The molecule has 0 aliphatic carbocycles. The molecule has 0 unspecified atom stereocenters. The Bertz CT molecular complexity index is 668. The van der Waals surface area contributed by atoms with Crippen molar-refractivity contribution in [2.24, 2.45) is 5.73 Å². The Morgan fingerprint density at radius 1 is 1.15 bits per heavy atom. The molecule has 102 valence electrons. The van der Waals surface area contributed by atoms with E-state index in [1.165, 1.54) is 0 Å². The molecule has 0 aliphatic heterocycles. The number of benzene rings is 2. The molecule has 0 bridgehead atoms. The number of nitrogens with one attached hydrogen (secondary N) is 1. The summed E-state index contributed by atoms with van der Waals surface area (Å²) < 4.78 is 0.981. The molecule has 0 fully saturated rings. The van der Waals surface area contributed by atoms with Crippen molar-refractivity contribution in [2.75, 3.05) is 5.32 Å². The van der Waals surface area contributed by atoms with Gasteiger partial charge in [-0.05, 0) is 55.0 Å². The summed E-state index contributed by atoms with van der Waals surface area (Å²) in [5.41, 5.74) is 8.64. The monoisotopic (exact) mass is 348 g/mol. The van der Waals surface area contributed by atoms with Crippen LogP contribution in [0.2, 0.25) is 0 Å². The Morgan fingerprint density at radius 2 is 1.75 bits per heavy atom. The lowest BCUT2D eigenvalue weighted by Gasteiger charge is -2.07. The van der Waals surface area contributed by atoms with Crippen LogP contribution in [-0.4, -0.2) is 10.9 Å². The predicted octanol–water partition coefficient (Wildman–Crippen LogP) is 3.64. The summed E-state index contributed by atoms with van der Waals surface area (Å²) in [5.74, 6) is -0.149. The molecule has 0 heterocycles. The van der Waals surface area contributed by atoms with E-state index in [1.807, 2.05) is 19.1 Å². The van der Waals surface area contributed by atoms with E-state index in [4.69, 9.17) is 18.0 Å². The summed E-state index contributed by atoms with van der Waals surface area (Å²) in [6, 6.07) is 12.6. The molecule has 0 radical (unpaired) electrons. The van der Waals surface area contributed by atoms with Crippen LogP contribution in [0.4, 0.5) is 5.69 Å². The first-order chi connectivity index (χ1) is 9.47. The van der Waals surface area contributed by atoms with Crippen LogP contribution in [0.1, 0.15) is 21.5 Å². The molecule has 0 spiro atoms. The van der Waals surface area contributed by atoms with Gasteiger partial charge in [0.25, 0.3) is 5.91 Å². The minimum atomic E-state index is -0.149. The van der Waals surface area contributed by atoms with Gasteiger partial charge >= 0.3 is 0 Å². The number of thiocarbonyl (C=S) groups is 1. The van der Waals surface area contributed by atoms with E-state index in [1.54, 1.807) is 30.3 Å². The topological polar surface area (TPSA) is 55.1 Å². The fraction of sp³-hybridized carbons (Fsp3) is 0.0667. The minimum Gasteiger partial charge on any atom is -0.389 e. The molecular formula is C15H13BrN2OS. The zero-order chi connectivity index (χ0) is 14.7. The molecular weight excluding hydrogens is 336 g/mol. The Labute approximate surface area is 131 Å². The Hall–Kier alpha value is -1.72. The third-order valence-electron chi connectivity index (χ3n) is 2.85. The van der Waals surface area contributed by atoms with Gasteiger partial charge in [0, 0.05) is 21.3 Å². The van der Waals surface area contributed by atoms with Crippen LogP contribution in [0.15, 0.2) is 46.9 Å². The van der Waals surface area contributed by atoms with Crippen molar-refractivity contribution >= 4 is 44.7 Å². The van der Waals surface area contributed by atoms with Crippen molar-refractivity contribution in [1.82, 2.24) is 0 Å². The van der Waals surface area contributed by atoms with Gasteiger partial charge in [-0.25, -0.2) is 0 Å². The number of halogens is 1. The fourth-order valence-corrected chi connectivity index (χ4v) is 2.09. The van der Waals surface area contributed by atoms with E-state index >= 15 is 0 Å². The van der Waals surface area contributed by atoms with Crippen molar-refractivity contribution in [1.29, 1.82) is 0 Å². The third kappa shape index (κ3) is 3.43. The van der Waals surface area contributed by atoms with Gasteiger partial charge in [0.15, 0.2) is 0 Å². The van der Waals surface area contributed by atoms with Gasteiger partial charge in [-0.3, -0.25) is 4.79 Å². The van der Waals surface area contributed by atoms with Gasteiger partial charge in [-0.15, -0.1) is 0 Å². The Morgan fingerprint density at radius 3 is 2.30 bits per heavy atom. The molecule has 1 amide bonds. The molecule has 2 rings (SSSR count). The molecule has 0 aromatic heterocycles. The van der Waals surface area contributed by atoms with Gasteiger partial charge < -0.3 is 11.1 Å². The molecule has 3 nitrogen and oxygen atoms in total. The highest BCUT2D eigenvalue weighted by molar-refractivity contribution is 9.10. The molecule has 20 heavy (non-hydrogen) atoms. The lowest BCUT2D eigenvalue weighted by Crippen LogP contribution is -2.13. The zero-order valence-corrected chi connectivity index (χ0v) is 13.2. The molecule has 0 saturated carbocycles. The maximum absolute atomic E-state index is 12.1. The van der Waals surface area contributed by atoms with E-state index in [2.05, 4.69) is 21.2 Å². The lowest BCUT2D eigenvalue weighted by atomic mass is 10.1. The van der Waals surface area contributed by atoms with Gasteiger partial charge in [0.1, 0.15) is 4.99 Å². The summed E-state index contributed by atoms with van der Waals surface area (Å²) in [4.78, 5) is 12.5. The SMILES string of the molecule is Cc1cc(C(=O)Nc2ccc(C(N)=S)cc2)ccc1Br. The average molecular weight is 349 g/mol. The first kappa shape index (κ1) is 14.7. The maximum Gasteiger partial charge on any atom is 0.255 e. The summed E-state index contributed by atoms with van der Waals surface area (Å²) in [5, 5.41) is 2.83. The highest BCUT2D eigenvalue weighted by Crippen LogP contribution is 2.18. The van der Waals surface area contributed by atoms with Crippen molar-refractivity contribution in [3.63, 3.8) is 0 Å². The van der Waals surface area contributed by atoms with E-state index in [0.29, 0.717) is 16.2 Å². The van der Waals surface area contributed by atoms with Crippen LogP contribution in [0.25, 0.3) is 0 Å². The highest BCUT2D eigenvalue weighted by Gasteiger charge is 2.07. The molecule has 0 aliphatic rings. The largest absolute Gasteiger partial charge is 0.389 e. The number of nitrogens with two attached hydrogens (primary N) is 1. The summed E-state index contributed by atoms with van der Waals surface area (Å²) in [7, 11) is 0. The van der Waals surface area contributed by atoms with E-state index < -0.39 is 0 Å². The second-order valence-corrected chi connectivity index (χ2v) is 5.65. The van der Waals surface area contributed by atoms with Crippen molar-refractivity contribution in [2.45, 2.75) is 6.92 Å². The van der Waals surface area contributed by atoms with Gasteiger partial charge in [0.2, 0.25) is 0 Å². The Kier molecular flexibility index (Phi) is 4.52. The number of aryl methyl sites for hydroxylation is 1. The van der Waals surface area contributed by atoms with Crippen LogP contribution in [0, 0.1) is 6.92 Å². The van der Waals surface area contributed by atoms with Crippen LogP contribution in [0.3, 0.4) is 0 Å². The average Bonchev–Trinajstić information content (AvgIpc) is 2.42. The van der Waals surface area contributed by atoms with Crippen LogP contribution < -0.4 is 11.1 Å². The quantitative estimate of drug-likeness (QED) is 0.832. The van der Waals surface area contributed by atoms with E-state index in [0.717, 1.165) is 15.6 Å². The lowest BCUT2D eigenvalue weighted by molar-refractivity contribution is 0.102. The summed E-state index contributed by atoms with van der Waals surface area (Å²) >= 11 is 8.29. The first-order valence-electron chi connectivity index (χ1n) is 5.95. The van der Waals surface area contributed by atoms with Crippen molar-refractivity contribution in [3.05, 3.63) is 63.6 Å². The molecule has 2 aromatic rings. The van der Waals surface area contributed by atoms with Crippen molar-refractivity contribution < 1.29 is 4.79 Å². The van der Waals surface area contributed by atoms with Gasteiger partial charge in [-0.2, -0.15) is 0 Å². The standard InChI is InChI=1S/C15H13BrN2OS/c1-9-8-11(4-7-13(9)16)15(19)18-12-5-2-10(3-6-12)14(17)20/h2-8H,1H3,(H2,17,20)(H,18,19). The number of carbonyl (C=O) groups excluding carboxylic acids is 1. The number of rotatable bonds is 3. The fourth-order valence-electron chi connectivity index (χ4n) is 1.71. The molecule has 5 heteroatoms. The molecule has 0 atom stereocenters. The van der Waals surface area contributed by atoms with E-state index in [-0.39, 0.29) is 5.91 Å². The number of anilines is 1.